The molecule has 0 aliphatic carbocycles. The second kappa shape index (κ2) is 8.02. The van der Waals surface area contributed by atoms with E-state index in [1.165, 1.54) is 12.1 Å². The lowest BCUT2D eigenvalue weighted by Crippen LogP contribution is -2.20. The maximum Gasteiger partial charge on any atom is 0.272 e. The standard InChI is InChI=1S/C16H12Cl4N2O/c1-2-15(11-5-3-9(17)7-13(11)19)21-22-16(23)12-6-4-10(18)8-14(12)20/h3-8H,2H2,1H3,(H,22,23)/b21-15-. The summed E-state index contributed by atoms with van der Waals surface area (Å²) in [6.07, 6.45) is 0.579. The van der Waals surface area contributed by atoms with Crippen LogP contribution in [0.1, 0.15) is 29.3 Å². The molecule has 0 aliphatic heterocycles. The van der Waals surface area contributed by atoms with Gasteiger partial charge in [-0.1, -0.05) is 59.4 Å². The molecule has 2 aromatic carbocycles. The monoisotopic (exact) mass is 388 g/mol. The van der Waals surface area contributed by atoms with Crippen LogP contribution in [0.3, 0.4) is 0 Å². The van der Waals surface area contributed by atoms with Crippen LogP contribution in [-0.4, -0.2) is 11.6 Å². The van der Waals surface area contributed by atoms with Crippen molar-refractivity contribution in [3.05, 3.63) is 67.6 Å². The first kappa shape index (κ1) is 18.1. The van der Waals surface area contributed by atoms with Crippen molar-refractivity contribution < 1.29 is 4.79 Å². The molecule has 0 atom stereocenters. The smallest absolute Gasteiger partial charge is 0.267 e. The average Bonchev–Trinajstić information content (AvgIpc) is 2.49. The van der Waals surface area contributed by atoms with Crippen LogP contribution in [0.25, 0.3) is 0 Å². The molecule has 23 heavy (non-hydrogen) atoms. The maximum atomic E-state index is 12.2. The number of hydrogen-bond donors (Lipinski definition) is 1. The SMILES string of the molecule is CC/C(=N/NC(=O)c1ccc(Cl)cc1Cl)c1ccc(Cl)cc1Cl. The minimum atomic E-state index is -0.428. The minimum absolute atomic E-state index is 0.257. The van der Waals surface area contributed by atoms with E-state index in [1.807, 2.05) is 6.92 Å². The van der Waals surface area contributed by atoms with Gasteiger partial charge in [0.05, 0.1) is 21.3 Å². The van der Waals surface area contributed by atoms with Gasteiger partial charge in [0.1, 0.15) is 0 Å². The fourth-order valence-corrected chi connectivity index (χ4v) is 2.92. The molecule has 3 nitrogen and oxygen atoms in total. The molecule has 0 spiro atoms. The highest BCUT2D eigenvalue weighted by Crippen LogP contribution is 2.23. The zero-order valence-corrected chi connectivity index (χ0v) is 15.1. The maximum absolute atomic E-state index is 12.2. The molecule has 0 aliphatic rings. The second-order valence-electron chi connectivity index (χ2n) is 4.60. The molecular formula is C16H12Cl4N2O. The number of amides is 1. The molecule has 0 aromatic heterocycles. The van der Waals surface area contributed by atoms with Crippen LogP contribution in [0.2, 0.25) is 20.1 Å². The number of nitrogens with zero attached hydrogens (tertiary/aromatic N) is 1. The number of nitrogens with one attached hydrogen (secondary N) is 1. The molecule has 2 aromatic rings. The molecule has 1 amide bonds. The zero-order chi connectivity index (χ0) is 17.0. The van der Waals surface area contributed by atoms with Gasteiger partial charge in [-0.05, 0) is 36.8 Å². The number of halogens is 4. The molecule has 0 bridgehead atoms. The Labute approximate surface area is 154 Å². The van der Waals surface area contributed by atoms with E-state index in [0.29, 0.717) is 32.8 Å². The Morgan fingerprint density at radius 3 is 1.96 bits per heavy atom. The summed E-state index contributed by atoms with van der Waals surface area (Å²) in [5.41, 5.74) is 4.11. The van der Waals surface area contributed by atoms with Crippen LogP contribution < -0.4 is 5.43 Å². The predicted octanol–water partition coefficient (Wildman–Crippen LogP) is 5.84. The lowest BCUT2D eigenvalue weighted by atomic mass is 10.1. The Kier molecular flexibility index (Phi) is 6.31. The van der Waals surface area contributed by atoms with Gasteiger partial charge in [0.15, 0.2) is 0 Å². The van der Waals surface area contributed by atoms with Crippen LogP contribution >= 0.6 is 46.4 Å². The lowest BCUT2D eigenvalue weighted by Gasteiger charge is -2.08. The highest BCUT2D eigenvalue weighted by molar-refractivity contribution is 6.37. The van der Waals surface area contributed by atoms with Gasteiger partial charge in [-0.25, -0.2) is 5.43 Å². The fourth-order valence-electron chi connectivity index (χ4n) is 1.91. The summed E-state index contributed by atoms with van der Waals surface area (Å²) >= 11 is 23.9. The van der Waals surface area contributed by atoms with Crippen molar-refractivity contribution in [1.29, 1.82) is 0 Å². The first-order valence-electron chi connectivity index (χ1n) is 6.69. The van der Waals surface area contributed by atoms with Gasteiger partial charge >= 0.3 is 0 Å². The highest BCUT2D eigenvalue weighted by atomic mass is 35.5. The Bertz CT molecular complexity index is 775. The van der Waals surface area contributed by atoms with Gasteiger partial charge in [0.25, 0.3) is 5.91 Å². The summed E-state index contributed by atoms with van der Waals surface area (Å²) in [6, 6.07) is 9.72. The van der Waals surface area contributed by atoms with Crippen LogP contribution in [0, 0.1) is 0 Å². The van der Waals surface area contributed by atoms with Crippen molar-refractivity contribution in [3.8, 4) is 0 Å². The summed E-state index contributed by atoms with van der Waals surface area (Å²) in [7, 11) is 0. The Morgan fingerprint density at radius 1 is 0.957 bits per heavy atom. The van der Waals surface area contributed by atoms with Crippen LogP contribution in [0.5, 0.6) is 0 Å². The van der Waals surface area contributed by atoms with E-state index in [1.54, 1.807) is 24.3 Å². The van der Waals surface area contributed by atoms with Gasteiger partial charge in [-0.15, -0.1) is 0 Å². The summed E-state index contributed by atoms with van der Waals surface area (Å²) in [5.74, 6) is -0.428. The molecule has 0 saturated heterocycles. The topological polar surface area (TPSA) is 41.5 Å². The van der Waals surface area contributed by atoms with Crippen molar-refractivity contribution in [1.82, 2.24) is 5.43 Å². The van der Waals surface area contributed by atoms with Crippen LogP contribution in [0.15, 0.2) is 41.5 Å². The quantitative estimate of drug-likeness (QED) is 0.517. The Hall–Kier alpha value is -1.26. The van der Waals surface area contributed by atoms with Crippen molar-refractivity contribution in [2.75, 3.05) is 0 Å². The van der Waals surface area contributed by atoms with E-state index in [9.17, 15) is 4.79 Å². The van der Waals surface area contributed by atoms with E-state index >= 15 is 0 Å². The molecule has 2 rings (SSSR count). The first-order valence-corrected chi connectivity index (χ1v) is 8.21. The number of carbonyl (C=O) groups is 1. The Morgan fingerprint density at radius 2 is 1.48 bits per heavy atom. The third kappa shape index (κ3) is 4.61. The van der Waals surface area contributed by atoms with Gasteiger partial charge in [0, 0.05) is 15.6 Å². The van der Waals surface area contributed by atoms with E-state index in [4.69, 9.17) is 46.4 Å². The van der Waals surface area contributed by atoms with Gasteiger partial charge in [-0.2, -0.15) is 5.10 Å². The van der Waals surface area contributed by atoms with E-state index in [-0.39, 0.29) is 10.6 Å². The number of benzene rings is 2. The molecule has 0 saturated carbocycles. The fraction of sp³-hybridized carbons (Fsp3) is 0.125. The molecular weight excluding hydrogens is 378 g/mol. The second-order valence-corrected chi connectivity index (χ2v) is 6.29. The summed E-state index contributed by atoms with van der Waals surface area (Å²) in [5, 5.41) is 5.86. The van der Waals surface area contributed by atoms with Gasteiger partial charge in [-0.3, -0.25) is 4.79 Å². The van der Waals surface area contributed by atoms with Crippen molar-refractivity contribution in [2.24, 2.45) is 5.10 Å². The van der Waals surface area contributed by atoms with E-state index < -0.39 is 5.91 Å². The van der Waals surface area contributed by atoms with Gasteiger partial charge < -0.3 is 0 Å². The highest BCUT2D eigenvalue weighted by Gasteiger charge is 2.12. The molecule has 0 heterocycles. The van der Waals surface area contributed by atoms with Crippen LogP contribution in [0.4, 0.5) is 0 Å². The molecule has 7 heteroatoms. The first-order chi connectivity index (χ1) is 10.9. The lowest BCUT2D eigenvalue weighted by molar-refractivity contribution is 0.0955. The number of carbonyl (C=O) groups excluding carboxylic acids is 1. The van der Waals surface area contributed by atoms with E-state index in [2.05, 4.69) is 10.5 Å². The minimum Gasteiger partial charge on any atom is -0.267 e. The normalized spacial score (nSPS) is 11.4. The summed E-state index contributed by atoms with van der Waals surface area (Å²) < 4.78 is 0. The summed E-state index contributed by atoms with van der Waals surface area (Å²) in [4.78, 5) is 12.2. The van der Waals surface area contributed by atoms with Crippen molar-refractivity contribution in [3.63, 3.8) is 0 Å². The molecule has 0 radical (unpaired) electrons. The number of hydrogen-bond acceptors (Lipinski definition) is 2. The molecule has 120 valence electrons. The van der Waals surface area contributed by atoms with E-state index in [0.717, 1.165) is 0 Å². The number of rotatable bonds is 4. The third-order valence-electron chi connectivity index (χ3n) is 3.05. The summed E-state index contributed by atoms with van der Waals surface area (Å²) in [6.45, 7) is 1.91. The van der Waals surface area contributed by atoms with Crippen LogP contribution in [-0.2, 0) is 0 Å². The molecule has 1 N–H and O–H groups in total. The predicted molar refractivity (Wildman–Crippen MR) is 97.2 cm³/mol. The van der Waals surface area contributed by atoms with Crippen molar-refractivity contribution >= 4 is 58.0 Å². The zero-order valence-electron chi connectivity index (χ0n) is 12.0. The molecule has 0 fully saturated rings. The Balaban J connectivity index is 2.23. The molecule has 0 unspecified atom stereocenters. The van der Waals surface area contributed by atoms with Crippen molar-refractivity contribution in [2.45, 2.75) is 13.3 Å². The third-order valence-corrected chi connectivity index (χ3v) is 4.14. The average molecular weight is 390 g/mol. The van der Waals surface area contributed by atoms with Gasteiger partial charge in [0.2, 0.25) is 0 Å². The largest absolute Gasteiger partial charge is 0.272 e. The number of hydrazone groups is 1.